The van der Waals surface area contributed by atoms with Crippen molar-refractivity contribution in [3.63, 3.8) is 0 Å². The van der Waals surface area contributed by atoms with Crippen LogP contribution in [-0.2, 0) is 34.4 Å². The second kappa shape index (κ2) is 12.5. The van der Waals surface area contributed by atoms with Crippen LogP contribution in [0.15, 0.2) is 78.9 Å². The molecular weight excluding hydrogens is 451 g/mol. The molecule has 36 heavy (non-hydrogen) atoms. The van der Waals surface area contributed by atoms with Crippen molar-refractivity contribution in [2.24, 2.45) is 0 Å². The fourth-order valence-electron chi connectivity index (χ4n) is 4.20. The van der Waals surface area contributed by atoms with Crippen molar-refractivity contribution < 1.29 is 14.0 Å². The second-order valence-corrected chi connectivity index (χ2v) is 10.2. The smallest absolute Gasteiger partial charge is 0.243 e. The number of nitrogens with one attached hydrogen (secondary N) is 1. The first-order valence-corrected chi connectivity index (χ1v) is 12.6. The molecule has 0 saturated heterocycles. The zero-order chi connectivity index (χ0) is 26.1. The number of hydrogen-bond donors (Lipinski definition) is 1. The highest BCUT2D eigenvalue weighted by Crippen LogP contribution is 2.23. The molecule has 3 rings (SSSR count). The van der Waals surface area contributed by atoms with Gasteiger partial charge in [-0.3, -0.25) is 9.59 Å². The van der Waals surface area contributed by atoms with Crippen molar-refractivity contribution in [1.29, 1.82) is 0 Å². The van der Waals surface area contributed by atoms with Gasteiger partial charge in [-0.05, 0) is 53.1 Å². The van der Waals surface area contributed by atoms with Crippen molar-refractivity contribution in [2.75, 3.05) is 6.54 Å². The fourth-order valence-corrected chi connectivity index (χ4v) is 4.20. The van der Waals surface area contributed by atoms with E-state index in [1.807, 2.05) is 37.3 Å². The van der Waals surface area contributed by atoms with E-state index in [1.54, 1.807) is 17.0 Å². The summed E-state index contributed by atoms with van der Waals surface area (Å²) >= 11 is 0. The Hall–Kier alpha value is -3.47. The third kappa shape index (κ3) is 7.77. The lowest BCUT2D eigenvalue weighted by Gasteiger charge is -2.31. The molecule has 0 aliphatic rings. The van der Waals surface area contributed by atoms with E-state index in [9.17, 15) is 14.0 Å². The molecule has 0 unspecified atom stereocenters. The molecule has 0 spiro atoms. The zero-order valence-corrected chi connectivity index (χ0v) is 21.8. The van der Waals surface area contributed by atoms with Crippen molar-refractivity contribution in [3.8, 4) is 0 Å². The van der Waals surface area contributed by atoms with Gasteiger partial charge in [0.05, 0.1) is 0 Å². The number of hydrogen-bond acceptors (Lipinski definition) is 2. The van der Waals surface area contributed by atoms with Gasteiger partial charge in [-0.2, -0.15) is 0 Å². The van der Waals surface area contributed by atoms with E-state index in [-0.39, 0.29) is 36.0 Å². The van der Waals surface area contributed by atoms with Gasteiger partial charge in [0.2, 0.25) is 11.8 Å². The average Bonchev–Trinajstić information content (AvgIpc) is 2.86. The topological polar surface area (TPSA) is 49.4 Å². The third-order valence-corrected chi connectivity index (χ3v) is 6.34. The van der Waals surface area contributed by atoms with E-state index in [2.05, 4.69) is 50.4 Å². The molecule has 0 fully saturated rings. The number of carbonyl (C=O) groups is 2. The minimum atomic E-state index is -0.673. The van der Waals surface area contributed by atoms with E-state index < -0.39 is 6.04 Å². The Kier molecular flexibility index (Phi) is 9.40. The minimum Gasteiger partial charge on any atom is -0.355 e. The molecule has 2 amide bonds. The van der Waals surface area contributed by atoms with Gasteiger partial charge in [0.1, 0.15) is 11.9 Å². The molecule has 0 radical (unpaired) electrons. The van der Waals surface area contributed by atoms with E-state index in [1.165, 1.54) is 17.7 Å². The van der Waals surface area contributed by atoms with Crippen molar-refractivity contribution >= 4 is 11.8 Å². The Bertz CT molecular complexity index is 1120. The largest absolute Gasteiger partial charge is 0.355 e. The summed E-state index contributed by atoms with van der Waals surface area (Å²) in [5.74, 6) is -0.627. The monoisotopic (exact) mass is 488 g/mol. The molecule has 0 aromatic heterocycles. The molecule has 1 atom stereocenters. The Balaban J connectivity index is 1.85. The molecule has 190 valence electrons. The van der Waals surface area contributed by atoms with Crippen LogP contribution < -0.4 is 5.32 Å². The summed E-state index contributed by atoms with van der Waals surface area (Å²) in [6, 6.07) is 23.5. The van der Waals surface area contributed by atoms with Gasteiger partial charge in [-0.1, -0.05) is 87.5 Å². The molecule has 0 heterocycles. The number of rotatable bonds is 10. The summed E-state index contributed by atoms with van der Waals surface area (Å²) in [5.41, 5.74) is 4.15. The van der Waals surface area contributed by atoms with Crippen LogP contribution in [0, 0.1) is 5.82 Å². The lowest BCUT2D eigenvalue weighted by molar-refractivity contribution is -0.141. The van der Waals surface area contributed by atoms with Crippen molar-refractivity contribution in [2.45, 2.75) is 65.0 Å². The summed E-state index contributed by atoms with van der Waals surface area (Å²) in [5, 5.41) is 2.90. The normalized spacial score (nSPS) is 12.1. The lowest BCUT2D eigenvalue weighted by Crippen LogP contribution is -2.50. The van der Waals surface area contributed by atoms with Gasteiger partial charge < -0.3 is 10.2 Å². The Labute approximate surface area is 214 Å². The van der Waals surface area contributed by atoms with E-state index in [4.69, 9.17) is 0 Å². The number of halogens is 1. The van der Waals surface area contributed by atoms with E-state index in [0.29, 0.717) is 19.4 Å². The maximum absolute atomic E-state index is 13.6. The summed E-state index contributed by atoms with van der Waals surface area (Å²) in [6.07, 6.45) is 1.26. The maximum Gasteiger partial charge on any atom is 0.243 e. The SMILES string of the molecule is CCNC(=O)[C@H](Cc1ccccc1)N(Cc1ccc(F)cc1)C(=O)CCc1ccc(C(C)(C)C)cc1. The van der Waals surface area contributed by atoms with Gasteiger partial charge in [-0.25, -0.2) is 4.39 Å². The van der Waals surface area contributed by atoms with Crippen LogP contribution in [0.1, 0.15) is 56.4 Å². The number of amides is 2. The van der Waals surface area contributed by atoms with E-state index >= 15 is 0 Å². The van der Waals surface area contributed by atoms with Crippen molar-refractivity contribution in [3.05, 3.63) is 107 Å². The van der Waals surface area contributed by atoms with Gasteiger partial charge in [0, 0.05) is 25.9 Å². The molecule has 0 aliphatic carbocycles. The lowest BCUT2D eigenvalue weighted by atomic mass is 9.86. The summed E-state index contributed by atoms with van der Waals surface area (Å²) in [6.45, 7) is 9.09. The molecule has 4 nitrogen and oxygen atoms in total. The molecule has 0 bridgehead atoms. The quantitative estimate of drug-likeness (QED) is 0.390. The third-order valence-electron chi connectivity index (χ3n) is 6.34. The average molecular weight is 489 g/mol. The van der Waals surface area contributed by atoms with E-state index in [0.717, 1.165) is 16.7 Å². The van der Waals surface area contributed by atoms with Crippen molar-refractivity contribution in [1.82, 2.24) is 10.2 Å². The predicted molar refractivity (Wildman–Crippen MR) is 143 cm³/mol. The van der Waals surface area contributed by atoms with Gasteiger partial charge in [-0.15, -0.1) is 0 Å². The van der Waals surface area contributed by atoms with Gasteiger partial charge in [0.25, 0.3) is 0 Å². The van der Waals surface area contributed by atoms with Crippen LogP contribution in [0.5, 0.6) is 0 Å². The van der Waals surface area contributed by atoms with Crippen LogP contribution in [-0.4, -0.2) is 29.3 Å². The Morgan fingerprint density at radius 1 is 0.861 bits per heavy atom. The number of carbonyl (C=O) groups excluding carboxylic acids is 2. The molecule has 3 aromatic rings. The number of likely N-dealkylation sites (N-methyl/N-ethyl adjacent to an activating group) is 1. The Morgan fingerprint density at radius 2 is 1.47 bits per heavy atom. The molecule has 3 aromatic carbocycles. The van der Waals surface area contributed by atoms with Crippen LogP contribution in [0.2, 0.25) is 0 Å². The first kappa shape index (κ1) is 27.1. The highest BCUT2D eigenvalue weighted by molar-refractivity contribution is 5.88. The molecule has 1 N–H and O–H groups in total. The zero-order valence-electron chi connectivity index (χ0n) is 21.8. The van der Waals surface area contributed by atoms with Crippen LogP contribution in [0.4, 0.5) is 4.39 Å². The predicted octanol–water partition coefficient (Wildman–Crippen LogP) is 5.83. The summed E-state index contributed by atoms with van der Waals surface area (Å²) in [4.78, 5) is 28.5. The first-order valence-electron chi connectivity index (χ1n) is 12.6. The molecule has 5 heteroatoms. The van der Waals surface area contributed by atoms with Gasteiger partial charge in [0.15, 0.2) is 0 Å². The number of benzene rings is 3. The highest BCUT2D eigenvalue weighted by Gasteiger charge is 2.30. The summed E-state index contributed by atoms with van der Waals surface area (Å²) in [7, 11) is 0. The fraction of sp³-hybridized carbons (Fsp3) is 0.355. The van der Waals surface area contributed by atoms with Crippen LogP contribution in [0.25, 0.3) is 0 Å². The first-order chi connectivity index (χ1) is 17.2. The minimum absolute atomic E-state index is 0.0671. The maximum atomic E-state index is 13.6. The van der Waals surface area contributed by atoms with Crippen LogP contribution in [0.3, 0.4) is 0 Å². The molecule has 0 saturated carbocycles. The standard InChI is InChI=1S/C31H37FN2O2/c1-5-33-30(36)28(21-24-9-7-6-8-10-24)34(22-25-13-18-27(32)19-14-25)29(35)20-15-23-11-16-26(17-12-23)31(2,3)4/h6-14,16-19,28H,5,15,20-22H2,1-4H3,(H,33,36)/t28-/m0/s1. The number of nitrogens with zero attached hydrogens (tertiary/aromatic N) is 1. The van der Waals surface area contributed by atoms with Crippen LogP contribution >= 0.6 is 0 Å². The summed E-state index contributed by atoms with van der Waals surface area (Å²) < 4.78 is 13.5. The Morgan fingerprint density at radius 3 is 2.06 bits per heavy atom. The number of aryl methyl sites for hydroxylation is 1. The molecule has 0 aliphatic heterocycles. The highest BCUT2D eigenvalue weighted by atomic mass is 19.1. The second-order valence-electron chi connectivity index (χ2n) is 10.2. The van der Waals surface area contributed by atoms with Gasteiger partial charge >= 0.3 is 0 Å². The molecular formula is C31H37FN2O2.